The third-order valence-electron chi connectivity index (χ3n) is 3.64. The quantitative estimate of drug-likeness (QED) is 0.878. The van der Waals surface area contributed by atoms with Gasteiger partial charge in [0, 0.05) is 19.5 Å². The Morgan fingerprint density at radius 3 is 2.83 bits per heavy atom. The van der Waals surface area contributed by atoms with Gasteiger partial charge in [-0.3, -0.25) is 4.68 Å². The topological polar surface area (TPSA) is 50.1 Å². The highest BCUT2D eigenvalue weighted by molar-refractivity contribution is 6.31. The zero-order valence-corrected chi connectivity index (χ0v) is 11.9. The molecule has 0 aliphatic carbocycles. The van der Waals surface area contributed by atoms with Crippen molar-refractivity contribution in [2.24, 2.45) is 0 Å². The number of aromatic nitrogens is 2. The van der Waals surface area contributed by atoms with Crippen molar-refractivity contribution in [2.45, 2.75) is 51.7 Å². The molecule has 1 atom stereocenters. The van der Waals surface area contributed by atoms with Gasteiger partial charge in [-0.05, 0) is 32.7 Å². The summed E-state index contributed by atoms with van der Waals surface area (Å²) in [5.74, 6) is 0. The highest BCUT2D eigenvalue weighted by Crippen LogP contribution is 2.28. The molecular formula is C13H22ClN3O. The Morgan fingerprint density at radius 2 is 2.28 bits per heavy atom. The third kappa shape index (κ3) is 2.71. The van der Waals surface area contributed by atoms with Crippen LogP contribution in [0.1, 0.15) is 38.1 Å². The highest BCUT2D eigenvalue weighted by Gasteiger charge is 2.32. The lowest BCUT2D eigenvalue weighted by molar-refractivity contribution is 0.0152. The fourth-order valence-electron chi connectivity index (χ4n) is 2.60. The predicted octanol–water partition coefficient (Wildman–Crippen LogP) is 1.78. The van der Waals surface area contributed by atoms with Crippen molar-refractivity contribution in [3.05, 3.63) is 16.4 Å². The van der Waals surface area contributed by atoms with E-state index in [1.165, 1.54) is 0 Å². The van der Waals surface area contributed by atoms with Gasteiger partial charge in [-0.1, -0.05) is 18.5 Å². The largest absolute Gasteiger partial charge is 0.388 e. The number of aryl methyl sites for hydroxylation is 2. The van der Waals surface area contributed by atoms with Crippen LogP contribution in [0, 0.1) is 0 Å². The molecule has 2 rings (SSSR count). The van der Waals surface area contributed by atoms with Crippen LogP contribution in [0.15, 0.2) is 0 Å². The Balaban J connectivity index is 2.24. The predicted molar refractivity (Wildman–Crippen MR) is 73.0 cm³/mol. The third-order valence-corrected chi connectivity index (χ3v) is 4.08. The normalized spacial score (nSPS) is 24.4. The molecule has 0 aromatic carbocycles. The van der Waals surface area contributed by atoms with Crippen molar-refractivity contribution in [3.8, 4) is 0 Å². The van der Waals surface area contributed by atoms with Gasteiger partial charge in [-0.2, -0.15) is 5.10 Å². The summed E-state index contributed by atoms with van der Waals surface area (Å²) in [6, 6.07) is 0. The SMILES string of the molecule is CCc1nn(CC)c(CC2(O)CCCNC2)c1Cl. The lowest BCUT2D eigenvalue weighted by Crippen LogP contribution is -2.47. The van der Waals surface area contributed by atoms with E-state index in [0.717, 1.165) is 48.8 Å². The molecule has 0 bridgehead atoms. The van der Waals surface area contributed by atoms with Crippen molar-refractivity contribution >= 4 is 11.6 Å². The van der Waals surface area contributed by atoms with Crippen molar-refractivity contribution in [2.75, 3.05) is 13.1 Å². The van der Waals surface area contributed by atoms with Crippen molar-refractivity contribution in [3.63, 3.8) is 0 Å². The number of hydrogen-bond acceptors (Lipinski definition) is 3. The number of hydrogen-bond donors (Lipinski definition) is 2. The van der Waals surface area contributed by atoms with Gasteiger partial charge in [0.2, 0.25) is 0 Å². The van der Waals surface area contributed by atoms with E-state index >= 15 is 0 Å². The molecule has 1 aromatic rings. The molecule has 102 valence electrons. The smallest absolute Gasteiger partial charge is 0.0851 e. The Bertz CT molecular complexity index is 411. The molecule has 2 N–H and O–H groups in total. The van der Waals surface area contributed by atoms with Crippen LogP contribution in [-0.2, 0) is 19.4 Å². The molecule has 0 saturated carbocycles. The summed E-state index contributed by atoms with van der Waals surface area (Å²) < 4.78 is 1.92. The molecule has 1 aliphatic rings. The maximum absolute atomic E-state index is 10.6. The molecule has 0 radical (unpaired) electrons. The average molecular weight is 272 g/mol. The van der Waals surface area contributed by atoms with Gasteiger partial charge < -0.3 is 10.4 Å². The summed E-state index contributed by atoms with van der Waals surface area (Å²) in [6.07, 6.45) is 3.25. The molecule has 4 nitrogen and oxygen atoms in total. The van der Waals surface area contributed by atoms with E-state index in [-0.39, 0.29) is 0 Å². The van der Waals surface area contributed by atoms with E-state index in [9.17, 15) is 5.11 Å². The van der Waals surface area contributed by atoms with E-state index in [4.69, 9.17) is 11.6 Å². The monoisotopic (exact) mass is 271 g/mol. The number of aliphatic hydroxyl groups is 1. The van der Waals surface area contributed by atoms with Crippen molar-refractivity contribution < 1.29 is 5.11 Å². The molecule has 1 aliphatic heterocycles. The number of piperidine rings is 1. The van der Waals surface area contributed by atoms with Crippen LogP contribution < -0.4 is 5.32 Å². The van der Waals surface area contributed by atoms with Crippen molar-refractivity contribution in [1.82, 2.24) is 15.1 Å². The van der Waals surface area contributed by atoms with E-state index in [1.54, 1.807) is 0 Å². The summed E-state index contributed by atoms with van der Waals surface area (Å²) in [5.41, 5.74) is 1.22. The Morgan fingerprint density at radius 1 is 1.50 bits per heavy atom. The van der Waals surface area contributed by atoms with Gasteiger partial charge in [-0.25, -0.2) is 0 Å². The first kappa shape index (κ1) is 13.8. The number of rotatable bonds is 4. The molecule has 0 amide bonds. The van der Waals surface area contributed by atoms with E-state index in [2.05, 4.69) is 24.3 Å². The minimum atomic E-state index is -0.681. The maximum atomic E-state index is 10.6. The molecule has 18 heavy (non-hydrogen) atoms. The fraction of sp³-hybridized carbons (Fsp3) is 0.769. The van der Waals surface area contributed by atoms with Crippen LogP contribution in [0.4, 0.5) is 0 Å². The molecule has 5 heteroatoms. The molecule has 1 saturated heterocycles. The zero-order valence-electron chi connectivity index (χ0n) is 11.2. The second-order valence-electron chi connectivity index (χ2n) is 5.06. The second kappa shape index (κ2) is 5.59. The van der Waals surface area contributed by atoms with Gasteiger partial charge in [0.25, 0.3) is 0 Å². The summed E-state index contributed by atoms with van der Waals surface area (Å²) in [7, 11) is 0. The molecule has 1 fully saturated rings. The standard InChI is InChI=1S/C13H22ClN3O/c1-3-10-12(14)11(17(4-2)16-10)8-13(18)6-5-7-15-9-13/h15,18H,3-9H2,1-2H3. The lowest BCUT2D eigenvalue weighted by atomic mass is 9.89. The van der Waals surface area contributed by atoms with Crippen LogP contribution in [-0.4, -0.2) is 33.6 Å². The van der Waals surface area contributed by atoms with Crippen LogP contribution >= 0.6 is 11.6 Å². The molecule has 0 spiro atoms. The molecular weight excluding hydrogens is 250 g/mol. The fourth-order valence-corrected chi connectivity index (χ4v) is 2.94. The van der Waals surface area contributed by atoms with E-state index in [1.807, 2.05) is 4.68 Å². The summed E-state index contributed by atoms with van der Waals surface area (Å²) in [6.45, 7) is 6.52. The van der Waals surface area contributed by atoms with Gasteiger partial charge in [0.05, 0.1) is 22.0 Å². The van der Waals surface area contributed by atoms with Crippen LogP contribution in [0.5, 0.6) is 0 Å². The van der Waals surface area contributed by atoms with Gasteiger partial charge in [0.15, 0.2) is 0 Å². The number of nitrogens with zero attached hydrogens (tertiary/aromatic N) is 2. The van der Waals surface area contributed by atoms with Crippen LogP contribution in [0.2, 0.25) is 5.02 Å². The number of nitrogens with one attached hydrogen (secondary N) is 1. The maximum Gasteiger partial charge on any atom is 0.0851 e. The van der Waals surface area contributed by atoms with Gasteiger partial charge in [0.1, 0.15) is 0 Å². The molecule has 1 aromatic heterocycles. The summed E-state index contributed by atoms with van der Waals surface area (Å²) in [5, 5.41) is 19.1. The number of halogens is 1. The number of β-amino-alcohol motifs (C(OH)–C–C–N with tert-alkyl or cyclic N) is 1. The van der Waals surface area contributed by atoms with Crippen molar-refractivity contribution in [1.29, 1.82) is 0 Å². The Labute approximate surface area is 113 Å². The minimum absolute atomic E-state index is 0.583. The van der Waals surface area contributed by atoms with E-state index in [0.29, 0.717) is 13.0 Å². The Hall–Kier alpha value is -0.580. The average Bonchev–Trinajstić information content (AvgIpc) is 2.67. The van der Waals surface area contributed by atoms with Gasteiger partial charge in [-0.15, -0.1) is 0 Å². The van der Waals surface area contributed by atoms with Crippen LogP contribution in [0.25, 0.3) is 0 Å². The van der Waals surface area contributed by atoms with Gasteiger partial charge >= 0.3 is 0 Å². The second-order valence-corrected chi connectivity index (χ2v) is 5.44. The first-order chi connectivity index (χ1) is 8.59. The summed E-state index contributed by atoms with van der Waals surface area (Å²) >= 11 is 6.37. The highest BCUT2D eigenvalue weighted by atomic mass is 35.5. The summed E-state index contributed by atoms with van der Waals surface area (Å²) in [4.78, 5) is 0. The zero-order chi connectivity index (χ0) is 13.2. The first-order valence-electron chi connectivity index (χ1n) is 6.77. The Kier molecular flexibility index (Phi) is 4.30. The van der Waals surface area contributed by atoms with Crippen LogP contribution in [0.3, 0.4) is 0 Å². The lowest BCUT2D eigenvalue weighted by Gasteiger charge is -2.32. The molecule has 2 heterocycles. The van der Waals surface area contributed by atoms with E-state index < -0.39 is 5.60 Å². The molecule has 1 unspecified atom stereocenters. The minimum Gasteiger partial charge on any atom is -0.388 e. The first-order valence-corrected chi connectivity index (χ1v) is 7.14.